The fourth-order valence-corrected chi connectivity index (χ4v) is 3.83. The molecule has 1 aliphatic carbocycles. The van der Waals surface area contributed by atoms with E-state index in [0.29, 0.717) is 5.69 Å². The maximum atomic E-state index is 12.9. The second-order valence-corrected chi connectivity index (χ2v) is 6.96. The van der Waals surface area contributed by atoms with Crippen LogP contribution in [0.5, 0.6) is 0 Å². The third-order valence-corrected chi connectivity index (χ3v) is 5.68. The fraction of sp³-hybridized carbons (Fsp3) is 0.529. The predicted molar refractivity (Wildman–Crippen MR) is 78.3 cm³/mol. The van der Waals surface area contributed by atoms with Gasteiger partial charge in [0.2, 0.25) is 11.8 Å². The van der Waals surface area contributed by atoms with Crippen LogP contribution in [0.3, 0.4) is 0 Å². The number of nitrogens with zero attached hydrogens (tertiary/aromatic N) is 1. The molecule has 0 spiro atoms. The van der Waals surface area contributed by atoms with E-state index in [1.165, 1.54) is 4.90 Å². The highest BCUT2D eigenvalue weighted by Gasteiger charge is 2.64. The van der Waals surface area contributed by atoms with E-state index >= 15 is 0 Å². The summed E-state index contributed by atoms with van der Waals surface area (Å²) in [5, 5.41) is 0. The average molecular weight is 271 g/mol. The molecule has 1 saturated carbocycles. The van der Waals surface area contributed by atoms with Crippen LogP contribution in [0.2, 0.25) is 0 Å². The second-order valence-electron chi connectivity index (χ2n) is 6.96. The van der Waals surface area contributed by atoms with Crippen molar-refractivity contribution in [2.45, 2.75) is 40.5 Å². The maximum Gasteiger partial charge on any atom is 0.240 e. The zero-order chi connectivity index (χ0) is 14.7. The van der Waals surface area contributed by atoms with Gasteiger partial charge < -0.3 is 0 Å². The topological polar surface area (TPSA) is 37.4 Å². The van der Waals surface area contributed by atoms with Gasteiger partial charge >= 0.3 is 0 Å². The number of aryl methyl sites for hydroxylation is 1. The Hall–Kier alpha value is -1.64. The lowest BCUT2D eigenvalue weighted by molar-refractivity contribution is -0.146. The van der Waals surface area contributed by atoms with Gasteiger partial charge in [-0.05, 0) is 42.9 Å². The lowest BCUT2D eigenvalue weighted by Crippen LogP contribution is -2.59. The molecule has 1 aromatic carbocycles. The summed E-state index contributed by atoms with van der Waals surface area (Å²) in [6.07, 6.45) is 1.62. The largest absolute Gasteiger partial charge is 0.274 e. The minimum absolute atomic E-state index is 0.0272. The van der Waals surface area contributed by atoms with Gasteiger partial charge in [-0.15, -0.1) is 0 Å². The van der Waals surface area contributed by atoms with E-state index in [-0.39, 0.29) is 23.1 Å². The molecule has 2 unspecified atom stereocenters. The standard InChI is InChI=1S/C17H21NO2/c1-11-6-5-7-12(10-11)18-14(19)13-8-9-17(4,15(18)20)16(13,2)3/h5-7,10,13H,8-9H2,1-4H3. The van der Waals surface area contributed by atoms with E-state index in [4.69, 9.17) is 0 Å². The Kier molecular flexibility index (Phi) is 2.63. The number of piperidine rings is 1. The van der Waals surface area contributed by atoms with Gasteiger partial charge in [0.25, 0.3) is 0 Å². The molecule has 106 valence electrons. The Labute approximate surface area is 120 Å². The molecule has 2 bridgehead atoms. The summed E-state index contributed by atoms with van der Waals surface area (Å²) in [5.74, 6) is -0.113. The molecule has 2 fully saturated rings. The van der Waals surface area contributed by atoms with E-state index in [1.807, 2.05) is 38.1 Å². The summed E-state index contributed by atoms with van der Waals surface area (Å²) in [6, 6.07) is 7.64. The molecule has 2 amide bonds. The van der Waals surface area contributed by atoms with Crippen molar-refractivity contribution in [3.05, 3.63) is 29.8 Å². The molecule has 3 nitrogen and oxygen atoms in total. The predicted octanol–water partition coefficient (Wildman–Crippen LogP) is 3.31. The highest BCUT2D eigenvalue weighted by molar-refractivity contribution is 6.20. The van der Waals surface area contributed by atoms with Crippen molar-refractivity contribution in [2.24, 2.45) is 16.7 Å². The van der Waals surface area contributed by atoms with Crippen LogP contribution in [-0.2, 0) is 9.59 Å². The van der Waals surface area contributed by atoms with E-state index < -0.39 is 5.41 Å². The summed E-state index contributed by atoms with van der Waals surface area (Å²) in [5.41, 5.74) is 1.09. The third-order valence-electron chi connectivity index (χ3n) is 5.68. The van der Waals surface area contributed by atoms with Gasteiger partial charge in [-0.1, -0.05) is 32.9 Å². The molecule has 2 atom stereocenters. The summed E-state index contributed by atoms with van der Waals surface area (Å²) >= 11 is 0. The summed E-state index contributed by atoms with van der Waals surface area (Å²) in [6.45, 7) is 8.12. The minimum atomic E-state index is -0.435. The normalized spacial score (nSPS) is 31.8. The van der Waals surface area contributed by atoms with Crippen molar-refractivity contribution in [1.82, 2.24) is 0 Å². The van der Waals surface area contributed by atoms with Crippen molar-refractivity contribution in [3.8, 4) is 0 Å². The first-order chi connectivity index (χ1) is 9.29. The smallest absolute Gasteiger partial charge is 0.240 e. The third kappa shape index (κ3) is 1.46. The highest BCUT2D eigenvalue weighted by Crippen LogP contribution is 2.60. The lowest BCUT2D eigenvalue weighted by Gasteiger charge is -2.47. The SMILES string of the molecule is Cc1cccc(N2C(=O)C3CCC(C)(C2=O)C3(C)C)c1. The van der Waals surface area contributed by atoms with E-state index in [2.05, 4.69) is 13.8 Å². The fourth-order valence-electron chi connectivity index (χ4n) is 3.83. The molecule has 1 heterocycles. The Morgan fingerprint density at radius 1 is 1.20 bits per heavy atom. The number of carbonyl (C=O) groups is 2. The molecule has 1 saturated heterocycles. The second kappa shape index (κ2) is 3.94. The zero-order valence-electron chi connectivity index (χ0n) is 12.6. The Morgan fingerprint density at radius 3 is 2.55 bits per heavy atom. The molecular weight excluding hydrogens is 250 g/mol. The van der Waals surface area contributed by atoms with Gasteiger partial charge in [0.15, 0.2) is 0 Å². The number of imide groups is 1. The van der Waals surface area contributed by atoms with Crippen LogP contribution in [-0.4, -0.2) is 11.8 Å². The Morgan fingerprint density at radius 2 is 1.90 bits per heavy atom. The molecule has 1 aromatic rings. The van der Waals surface area contributed by atoms with E-state index in [9.17, 15) is 9.59 Å². The monoisotopic (exact) mass is 271 g/mol. The van der Waals surface area contributed by atoms with Crippen molar-refractivity contribution in [1.29, 1.82) is 0 Å². The van der Waals surface area contributed by atoms with Crippen LogP contribution >= 0.6 is 0 Å². The molecule has 0 radical (unpaired) electrons. The molecule has 20 heavy (non-hydrogen) atoms. The molecule has 2 aliphatic rings. The maximum absolute atomic E-state index is 12.9. The van der Waals surface area contributed by atoms with Gasteiger partial charge in [-0.3, -0.25) is 9.59 Å². The van der Waals surface area contributed by atoms with Crippen LogP contribution < -0.4 is 4.90 Å². The van der Waals surface area contributed by atoms with Crippen LogP contribution in [0.15, 0.2) is 24.3 Å². The number of benzene rings is 1. The minimum Gasteiger partial charge on any atom is -0.274 e. The average Bonchev–Trinajstić information content (AvgIpc) is 2.54. The number of hydrogen-bond acceptors (Lipinski definition) is 2. The highest BCUT2D eigenvalue weighted by atomic mass is 16.2. The molecular formula is C17H21NO2. The van der Waals surface area contributed by atoms with E-state index in [0.717, 1.165) is 18.4 Å². The van der Waals surface area contributed by atoms with E-state index in [1.54, 1.807) is 0 Å². The molecule has 1 aliphatic heterocycles. The van der Waals surface area contributed by atoms with Crippen LogP contribution in [0.25, 0.3) is 0 Å². The quantitative estimate of drug-likeness (QED) is 0.735. The first-order valence-corrected chi connectivity index (χ1v) is 7.24. The van der Waals surface area contributed by atoms with Gasteiger partial charge in [0.05, 0.1) is 11.1 Å². The van der Waals surface area contributed by atoms with Gasteiger partial charge in [-0.2, -0.15) is 0 Å². The van der Waals surface area contributed by atoms with Crippen molar-refractivity contribution in [2.75, 3.05) is 4.90 Å². The first kappa shape index (κ1) is 13.3. The van der Waals surface area contributed by atoms with Crippen molar-refractivity contribution in [3.63, 3.8) is 0 Å². The zero-order valence-corrected chi connectivity index (χ0v) is 12.6. The number of rotatable bonds is 1. The van der Waals surface area contributed by atoms with Gasteiger partial charge in [0, 0.05) is 5.92 Å². The van der Waals surface area contributed by atoms with Crippen LogP contribution in [0, 0.1) is 23.7 Å². The number of amides is 2. The Bertz CT molecular complexity index is 605. The van der Waals surface area contributed by atoms with Gasteiger partial charge in [-0.25, -0.2) is 4.90 Å². The number of hydrogen-bond donors (Lipinski definition) is 0. The summed E-state index contributed by atoms with van der Waals surface area (Å²) in [4.78, 5) is 27.1. The number of fused-ring (bicyclic) bond motifs is 2. The van der Waals surface area contributed by atoms with Crippen LogP contribution in [0.4, 0.5) is 5.69 Å². The molecule has 3 heteroatoms. The van der Waals surface area contributed by atoms with Gasteiger partial charge in [0.1, 0.15) is 0 Å². The number of anilines is 1. The number of carbonyl (C=O) groups excluding carboxylic acids is 2. The first-order valence-electron chi connectivity index (χ1n) is 7.24. The summed E-state index contributed by atoms with van der Waals surface area (Å²) in [7, 11) is 0. The molecule has 0 aromatic heterocycles. The molecule has 0 N–H and O–H groups in total. The molecule has 3 rings (SSSR count). The van der Waals surface area contributed by atoms with Crippen LogP contribution in [0.1, 0.15) is 39.2 Å². The lowest BCUT2D eigenvalue weighted by atomic mass is 9.62. The summed E-state index contributed by atoms with van der Waals surface area (Å²) < 4.78 is 0. The van der Waals surface area contributed by atoms with Crippen molar-refractivity contribution >= 4 is 17.5 Å². The van der Waals surface area contributed by atoms with Crippen molar-refractivity contribution < 1.29 is 9.59 Å². The Balaban J connectivity index is 2.12.